The Morgan fingerprint density at radius 1 is 1.27 bits per heavy atom. The second-order valence-corrected chi connectivity index (χ2v) is 5.52. The van der Waals surface area contributed by atoms with Crippen molar-refractivity contribution in [3.63, 3.8) is 0 Å². The van der Waals surface area contributed by atoms with E-state index in [9.17, 15) is 4.79 Å². The Labute approximate surface area is 129 Å². The van der Waals surface area contributed by atoms with Crippen LogP contribution in [-0.2, 0) is 12.8 Å². The summed E-state index contributed by atoms with van der Waals surface area (Å²) in [6.45, 7) is 4.98. The maximum atomic E-state index is 10.9. The van der Waals surface area contributed by atoms with Gasteiger partial charge in [-0.3, -0.25) is 0 Å². The number of ether oxygens (including phenoxy) is 2. The van der Waals surface area contributed by atoms with E-state index in [0.717, 1.165) is 23.5 Å². The predicted molar refractivity (Wildman–Crippen MR) is 82.5 cm³/mol. The quantitative estimate of drug-likeness (QED) is 0.811. The first kappa shape index (κ1) is 16.1. The van der Waals surface area contributed by atoms with Crippen LogP contribution >= 0.6 is 0 Å². The first-order chi connectivity index (χ1) is 10.6. The highest BCUT2D eigenvalue weighted by Gasteiger charge is 2.08. The van der Waals surface area contributed by atoms with Crippen LogP contribution in [0, 0.1) is 5.92 Å². The van der Waals surface area contributed by atoms with Gasteiger partial charge >= 0.3 is 5.76 Å². The van der Waals surface area contributed by atoms with Crippen LogP contribution < -0.4 is 15.2 Å². The number of nitrogens with one attached hydrogen (secondary N) is 1. The molecule has 0 radical (unpaired) electrons. The Bertz CT molecular complexity index is 646. The molecule has 6 heteroatoms. The van der Waals surface area contributed by atoms with E-state index in [1.165, 1.54) is 0 Å². The standard InChI is InChI=1S/C16H22N2O4/c1-11(2)8-9-21-14-10-12(4-6-13(14)20-3)5-7-15-17-18-16(19)22-15/h4,6,10-11H,5,7-9H2,1-3H3,(H,18,19). The number of benzene rings is 1. The van der Waals surface area contributed by atoms with Crippen LogP contribution in [0.5, 0.6) is 11.5 Å². The predicted octanol–water partition coefficient (Wildman–Crippen LogP) is 2.58. The lowest BCUT2D eigenvalue weighted by atomic mass is 10.1. The molecule has 1 heterocycles. The fraction of sp³-hybridized carbons (Fsp3) is 0.500. The molecule has 0 unspecified atom stereocenters. The summed E-state index contributed by atoms with van der Waals surface area (Å²) in [6, 6.07) is 5.82. The average molecular weight is 306 g/mol. The van der Waals surface area contributed by atoms with Crippen molar-refractivity contribution in [2.75, 3.05) is 13.7 Å². The van der Waals surface area contributed by atoms with Gasteiger partial charge in [-0.2, -0.15) is 0 Å². The van der Waals surface area contributed by atoms with Crippen molar-refractivity contribution in [1.29, 1.82) is 0 Å². The first-order valence-corrected chi connectivity index (χ1v) is 7.42. The molecule has 0 aliphatic carbocycles. The third-order valence-corrected chi connectivity index (χ3v) is 3.29. The maximum Gasteiger partial charge on any atom is 0.434 e. The second-order valence-electron chi connectivity index (χ2n) is 5.52. The molecule has 1 N–H and O–H groups in total. The van der Waals surface area contributed by atoms with E-state index in [0.29, 0.717) is 31.3 Å². The number of methoxy groups -OCH3 is 1. The molecule has 0 bridgehead atoms. The Hall–Kier alpha value is -2.24. The lowest BCUT2D eigenvalue weighted by Crippen LogP contribution is -2.03. The minimum absolute atomic E-state index is 0.406. The lowest BCUT2D eigenvalue weighted by Gasteiger charge is -2.13. The van der Waals surface area contributed by atoms with Crippen LogP contribution in [0.1, 0.15) is 31.7 Å². The third-order valence-electron chi connectivity index (χ3n) is 3.29. The van der Waals surface area contributed by atoms with Gasteiger partial charge in [-0.15, -0.1) is 5.10 Å². The largest absolute Gasteiger partial charge is 0.493 e. The smallest absolute Gasteiger partial charge is 0.434 e. The molecular formula is C16H22N2O4. The summed E-state index contributed by atoms with van der Waals surface area (Å²) in [6.07, 6.45) is 2.25. The molecule has 22 heavy (non-hydrogen) atoms. The van der Waals surface area contributed by atoms with E-state index in [4.69, 9.17) is 13.9 Å². The fourth-order valence-corrected chi connectivity index (χ4v) is 2.01. The molecule has 0 aliphatic rings. The highest BCUT2D eigenvalue weighted by atomic mass is 16.5. The number of nitrogens with zero attached hydrogens (tertiary/aromatic N) is 1. The number of aryl methyl sites for hydroxylation is 2. The van der Waals surface area contributed by atoms with Gasteiger partial charge in [-0.1, -0.05) is 19.9 Å². The number of hydrogen-bond donors (Lipinski definition) is 1. The molecule has 0 amide bonds. The van der Waals surface area contributed by atoms with Crippen LogP contribution in [0.25, 0.3) is 0 Å². The minimum Gasteiger partial charge on any atom is -0.493 e. The Morgan fingerprint density at radius 2 is 2.09 bits per heavy atom. The van der Waals surface area contributed by atoms with Crippen molar-refractivity contribution in [3.8, 4) is 11.5 Å². The number of aromatic amines is 1. The SMILES string of the molecule is COc1ccc(CCc2n[nH]c(=O)o2)cc1OCCC(C)C. The van der Waals surface area contributed by atoms with Crippen LogP contribution in [-0.4, -0.2) is 23.9 Å². The van der Waals surface area contributed by atoms with Crippen LogP contribution in [0.15, 0.2) is 27.4 Å². The first-order valence-electron chi connectivity index (χ1n) is 7.42. The zero-order valence-corrected chi connectivity index (χ0v) is 13.2. The Balaban J connectivity index is 2.00. The van der Waals surface area contributed by atoms with Crippen molar-refractivity contribution in [1.82, 2.24) is 10.2 Å². The van der Waals surface area contributed by atoms with Gasteiger partial charge in [-0.25, -0.2) is 9.89 Å². The number of rotatable bonds is 8. The summed E-state index contributed by atoms with van der Waals surface area (Å²) in [4.78, 5) is 10.9. The Morgan fingerprint density at radius 3 is 2.73 bits per heavy atom. The topological polar surface area (TPSA) is 77.4 Å². The molecule has 120 valence electrons. The number of aromatic nitrogens is 2. The highest BCUT2D eigenvalue weighted by molar-refractivity contribution is 5.43. The molecule has 2 rings (SSSR count). The fourth-order valence-electron chi connectivity index (χ4n) is 2.01. The van der Waals surface area contributed by atoms with Crippen molar-refractivity contribution in [3.05, 3.63) is 40.2 Å². The number of hydrogen-bond acceptors (Lipinski definition) is 5. The molecule has 0 spiro atoms. The molecule has 0 saturated carbocycles. The third kappa shape index (κ3) is 4.65. The van der Waals surface area contributed by atoms with E-state index in [1.807, 2.05) is 18.2 Å². The summed E-state index contributed by atoms with van der Waals surface area (Å²) < 4.78 is 16.0. The highest BCUT2D eigenvalue weighted by Crippen LogP contribution is 2.28. The molecule has 0 aliphatic heterocycles. The van der Waals surface area contributed by atoms with Crippen LogP contribution in [0.4, 0.5) is 0 Å². The van der Waals surface area contributed by atoms with E-state index in [2.05, 4.69) is 24.0 Å². The summed E-state index contributed by atoms with van der Waals surface area (Å²) >= 11 is 0. The second kappa shape index (κ2) is 7.68. The summed E-state index contributed by atoms with van der Waals surface area (Å²) in [5.41, 5.74) is 1.07. The van der Waals surface area contributed by atoms with Crippen molar-refractivity contribution < 1.29 is 13.9 Å². The monoisotopic (exact) mass is 306 g/mol. The average Bonchev–Trinajstić information content (AvgIpc) is 2.90. The van der Waals surface area contributed by atoms with E-state index < -0.39 is 5.76 Å². The molecule has 0 saturated heterocycles. The summed E-state index contributed by atoms with van der Waals surface area (Å²) in [5, 5.41) is 6.05. The molecule has 0 fully saturated rings. The van der Waals surface area contributed by atoms with Crippen LogP contribution in [0.2, 0.25) is 0 Å². The van der Waals surface area contributed by atoms with Gasteiger partial charge in [0.25, 0.3) is 0 Å². The molecule has 1 aromatic heterocycles. The van der Waals surface area contributed by atoms with Gasteiger partial charge in [0, 0.05) is 6.42 Å². The zero-order valence-electron chi connectivity index (χ0n) is 13.2. The number of H-pyrrole nitrogens is 1. The van der Waals surface area contributed by atoms with Crippen molar-refractivity contribution in [2.24, 2.45) is 5.92 Å². The molecular weight excluding hydrogens is 284 g/mol. The summed E-state index contributed by atoms with van der Waals surface area (Å²) in [5.74, 6) is 1.94. The van der Waals surface area contributed by atoms with Gasteiger partial charge in [0.2, 0.25) is 5.89 Å². The minimum atomic E-state index is -0.526. The van der Waals surface area contributed by atoms with Gasteiger partial charge in [0.05, 0.1) is 13.7 Å². The summed E-state index contributed by atoms with van der Waals surface area (Å²) in [7, 11) is 1.63. The normalized spacial score (nSPS) is 10.9. The Kier molecular flexibility index (Phi) is 5.63. The van der Waals surface area contributed by atoms with E-state index in [1.54, 1.807) is 7.11 Å². The molecule has 0 atom stereocenters. The van der Waals surface area contributed by atoms with Gasteiger partial charge in [0.1, 0.15) is 0 Å². The lowest BCUT2D eigenvalue weighted by molar-refractivity contribution is 0.272. The van der Waals surface area contributed by atoms with Crippen LogP contribution in [0.3, 0.4) is 0 Å². The van der Waals surface area contributed by atoms with Gasteiger partial charge < -0.3 is 13.9 Å². The van der Waals surface area contributed by atoms with E-state index in [-0.39, 0.29) is 0 Å². The van der Waals surface area contributed by atoms with Crippen molar-refractivity contribution >= 4 is 0 Å². The zero-order chi connectivity index (χ0) is 15.9. The van der Waals surface area contributed by atoms with Gasteiger partial charge in [-0.05, 0) is 36.5 Å². The molecule has 2 aromatic rings. The van der Waals surface area contributed by atoms with E-state index >= 15 is 0 Å². The maximum absolute atomic E-state index is 10.9. The van der Waals surface area contributed by atoms with Crippen molar-refractivity contribution in [2.45, 2.75) is 33.1 Å². The van der Waals surface area contributed by atoms with Gasteiger partial charge in [0.15, 0.2) is 11.5 Å². The molecule has 1 aromatic carbocycles. The molecule has 6 nitrogen and oxygen atoms in total.